The van der Waals surface area contributed by atoms with Crippen molar-refractivity contribution in [3.8, 4) is 17.6 Å². The molecule has 11 rings (SSSR count). The Kier molecular flexibility index (Phi) is 8.18. The molecule has 310 valence electrons. The minimum atomic E-state index is -2.75. The highest BCUT2D eigenvalue weighted by molar-refractivity contribution is 6.67. The minimum absolute atomic E-state index is 0.0102. The number of aromatic nitrogens is 4. The fraction of sp³-hybridized carbons (Fsp3) is 0.0370. The first-order valence-corrected chi connectivity index (χ1v) is 20.9. The lowest BCUT2D eigenvalue weighted by molar-refractivity contribution is 0.463. The van der Waals surface area contributed by atoms with E-state index in [9.17, 15) is 1.37 Å². The molecule has 3 aliphatic heterocycles. The second-order valence-corrected chi connectivity index (χ2v) is 15.1. The Morgan fingerprint density at radius 2 is 1.37 bits per heavy atom. The number of fused-ring (bicyclic) bond motifs is 5. The van der Waals surface area contributed by atoms with Gasteiger partial charge in [-0.05, 0) is 83.9 Å². The molecule has 0 unspecified atom stereocenters. The molecule has 0 fully saturated rings. The summed E-state index contributed by atoms with van der Waals surface area (Å²) in [5, 5.41) is 6.90. The molecule has 9 nitrogen and oxygen atoms in total. The van der Waals surface area contributed by atoms with E-state index in [-0.39, 0.29) is 65.0 Å². The second kappa shape index (κ2) is 17.4. The maximum atomic E-state index is 9.33. The van der Waals surface area contributed by atoms with Gasteiger partial charge in [0.1, 0.15) is 12.4 Å². The fourth-order valence-corrected chi connectivity index (χ4v) is 8.35. The lowest BCUT2D eigenvalue weighted by Crippen LogP contribution is -2.26. The van der Waals surface area contributed by atoms with Crippen molar-refractivity contribution in [2.24, 2.45) is 6.98 Å². The molecule has 5 aromatic carbocycles. The molecule has 0 saturated carbocycles. The lowest BCUT2D eigenvalue weighted by Gasteiger charge is -2.28. The molecule has 2 N–H and O–H groups in total. The number of hydrogen-bond donors (Lipinski definition) is 2. The van der Waals surface area contributed by atoms with E-state index >= 15 is 0 Å². The number of nitrogens with one attached hydrogen (secondary N) is 2. The average molecular weight is 850 g/mol. The molecular formula is C54H42B2N8O. The van der Waals surface area contributed by atoms with Crippen molar-refractivity contribution in [2.75, 3.05) is 16.5 Å². The number of benzene rings is 5. The van der Waals surface area contributed by atoms with Crippen LogP contribution in [0.5, 0.6) is 11.6 Å². The molecule has 6 heterocycles. The van der Waals surface area contributed by atoms with Crippen LogP contribution in [0.1, 0.15) is 23.5 Å². The Bertz CT molecular complexity index is 3780. The number of rotatable bonds is 7. The molecule has 65 heavy (non-hydrogen) atoms. The summed E-state index contributed by atoms with van der Waals surface area (Å²) >= 11 is 0. The van der Waals surface area contributed by atoms with Crippen LogP contribution in [0.15, 0.2) is 213 Å². The van der Waals surface area contributed by atoms with E-state index in [1.165, 1.54) is 4.57 Å². The maximum Gasteiger partial charge on any atom is 0.221 e. The molecule has 0 aliphatic carbocycles. The number of imidazole rings is 1. The van der Waals surface area contributed by atoms with Crippen LogP contribution in [0.4, 0.5) is 22.7 Å². The van der Waals surface area contributed by atoms with Gasteiger partial charge in [0, 0.05) is 70.7 Å². The van der Waals surface area contributed by atoms with E-state index in [1.54, 1.807) is 48.5 Å². The zero-order valence-electron chi connectivity index (χ0n) is 43.7. The average Bonchev–Trinajstić information content (AvgIpc) is 4.11. The molecule has 3 aromatic heterocycles. The Hall–Kier alpha value is -8.43. The van der Waals surface area contributed by atoms with E-state index in [1.807, 2.05) is 108 Å². The predicted octanol–water partition coefficient (Wildman–Crippen LogP) is 11.5. The number of aryl methyl sites for hydroxylation is 1. The molecule has 0 spiro atoms. The number of nitrogens with zero attached hydrogens (tertiary/aromatic N) is 6. The number of pyridine rings is 1. The number of para-hydroxylation sites is 6. The summed E-state index contributed by atoms with van der Waals surface area (Å²) in [7, 11) is 4.14. The van der Waals surface area contributed by atoms with Gasteiger partial charge >= 0.3 is 0 Å². The van der Waals surface area contributed by atoms with E-state index in [4.69, 9.17) is 20.7 Å². The Morgan fingerprint density at radius 3 is 2.14 bits per heavy atom. The normalized spacial score (nSPS) is 21.4. The first-order chi connectivity index (χ1) is 35.9. The highest BCUT2D eigenvalue weighted by Gasteiger charge is 2.32. The zero-order valence-corrected chi connectivity index (χ0v) is 34.7. The van der Waals surface area contributed by atoms with Gasteiger partial charge in [0.15, 0.2) is 14.6 Å². The summed E-state index contributed by atoms with van der Waals surface area (Å²) in [4.78, 5) is 13.3. The van der Waals surface area contributed by atoms with E-state index in [0.717, 1.165) is 43.7 Å². The Labute approximate surface area is 391 Å². The number of anilines is 4. The van der Waals surface area contributed by atoms with E-state index in [2.05, 4.69) is 59.4 Å². The van der Waals surface area contributed by atoms with Gasteiger partial charge < -0.3 is 29.7 Å². The highest BCUT2D eigenvalue weighted by Crippen LogP contribution is 2.48. The van der Waals surface area contributed by atoms with E-state index < -0.39 is 19.1 Å². The van der Waals surface area contributed by atoms with Crippen molar-refractivity contribution in [1.82, 2.24) is 29.7 Å². The molecule has 3 aliphatic rings. The van der Waals surface area contributed by atoms with Crippen LogP contribution in [0.3, 0.4) is 0 Å². The first kappa shape index (κ1) is 30.6. The van der Waals surface area contributed by atoms with Gasteiger partial charge in [-0.3, -0.25) is 4.57 Å². The molecular weight excluding hydrogens is 798 g/mol. The third kappa shape index (κ3) is 7.53. The van der Waals surface area contributed by atoms with Crippen molar-refractivity contribution in [3.05, 3.63) is 224 Å². The van der Waals surface area contributed by atoms with Crippen molar-refractivity contribution >= 4 is 81.1 Å². The molecule has 0 atom stereocenters. The lowest BCUT2D eigenvalue weighted by atomic mass is 9.63. The van der Waals surface area contributed by atoms with Gasteiger partial charge in [0.25, 0.3) is 0 Å². The Morgan fingerprint density at radius 1 is 0.662 bits per heavy atom. The first-order valence-electron chi connectivity index (χ1n) is 25.4. The third-order valence-electron chi connectivity index (χ3n) is 11.2. The van der Waals surface area contributed by atoms with Crippen LogP contribution in [0, 0.1) is 0 Å². The van der Waals surface area contributed by atoms with Crippen LogP contribution >= 0.6 is 0 Å². The third-order valence-corrected chi connectivity index (χ3v) is 11.2. The van der Waals surface area contributed by atoms with Crippen LogP contribution < -0.4 is 25.2 Å². The summed E-state index contributed by atoms with van der Waals surface area (Å²) in [6, 6.07) is 25.6. The van der Waals surface area contributed by atoms with Gasteiger partial charge in [-0.2, -0.15) is 0 Å². The predicted molar refractivity (Wildman–Crippen MR) is 270 cm³/mol. The number of ether oxygens (including phenoxy) is 1. The standard InChI is InChI=1S/C54H42B2N8O/c1-61-48-22-5-3-20-46(48)60-54(61)64-47-21-4-2-15-40(47)41-26-25-39(36-51(41)64)65-52-35-38(27-34-59-52)62-37-63(50-24-7-6-23-49(50)62)53-42(44-18-13-32-57-30-10-8-28-55-44)16-12-17-43(53)45-19-14-33-58-31-11-9-29-56-45/h2-36,57-58H,37H2,1H3/b28-8-,29-9-,30-10-,31-11-,32-13-,33-14-,44-18-,45-19-/i1D3,2D,4D,15D,21D,27D,34D. The van der Waals surface area contributed by atoms with Crippen LogP contribution in [-0.2, 0) is 6.98 Å². The quantitative estimate of drug-likeness (QED) is 0.155. The smallest absolute Gasteiger partial charge is 0.221 e. The molecule has 0 amide bonds. The number of allylic oxidation sites excluding steroid dienone is 8. The van der Waals surface area contributed by atoms with Gasteiger partial charge in [-0.1, -0.05) is 95.8 Å². The SMILES string of the molecule is [2H]c1nc(Oc2ccc3c4c([2H])c([2H])c([2H])c([2H])c4n(-c4nc5ccccc5n4C([2H])([2H])[2H])c3c2)cc(N2CN(c3c(/C4=C/C=C\N/C=C\C=C/[B]4)cccc3/C3=C/C=C\N/C=C\C=C/[B]3)c3ccccc32)c1[2H]. The van der Waals surface area contributed by atoms with Gasteiger partial charge in [0.05, 0.1) is 47.4 Å². The largest absolute Gasteiger partial charge is 0.439 e. The molecule has 8 aromatic rings. The van der Waals surface area contributed by atoms with Crippen molar-refractivity contribution < 1.29 is 17.1 Å². The summed E-state index contributed by atoms with van der Waals surface area (Å²) in [5.41, 5.74) is 7.64. The molecule has 0 bridgehead atoms. The highest BCUT2D eigenvalue weighted by atomic mass is 16.5. The second-order valence-electron chi connectivity index (χ2n) is 15.1. The monoisotopic (exact) mass is 849 g/mol. The Balaban J connectivity index is 1.04. The van der Waals surface area contributed by atoms with Gasteiger partial charge in [-0.15, -0.1) is 12.0 Å². The summed E-state index contributed by atoms with van der Waals surface area (Å²) in [6.45, 7) is -2.52. The topological polar surface area (TPSA) is 75.4 Å². The van der Waals surface area contributed by atoms with Crippen molar-refractivity contribution in [2.45, 2.75) is 0 Å². The fourth-order valence-electron chi connectivity index (χ4n) is 8.35. The molecule has 2 radical (unpaired) electrons. The number of hydrogen-bond acceptors (Lipinski definition) is 7. The van der Waals surface area contributed by atoms with Crippen LogP contribution in [0.25, 0.3) is 49.7 Å². The summed E-state index contributed by atoms with van der Waals surface area (Å²) in [6.07, 6.45) is 22.9. The maximum absolute atomic E-state index is 9.33. The molecule has 11 heteroatoms. The van der Waals surface area contributed by atoms with Crippen molar-refractivity contribution in [1.29, 1.82) is 0 Å². The minimum Gasteiger partial charge on any atom is -0.439 e. The van der Waals surface area contributed by atoms with Crippen LogP contribution in [-0.4, -0.2) is 40.3 Å². The van der Waals surface area contributed by atoms with Gasteiger partial charge in [0.2, 0.25) is 11.8 Å². The van der Waals surface area contributed by atoms with E-state index in [0.29, 0.717) is 22.1 Å². The zero-order chi connectivity index (χ0) is 51.3. The molecule has 0 saturated heterocycles. The van der Waals surface area contributed by atoms with Crippen LogP contribution in [0.2, 0.25) is 0 Å². The summed E-state index contributed by atoms with van der Waals surface area (Å²) in [5.74, 6) is 4.08. The van der Waals surface area contributed by atoms with Crippen molar-refractivity contribution in [3.63, 3.8) is 0 Å². The van der Waals surface area contributed by atoms with Gasteiger partial charge in [-0.25, -0.2) is 9.97 Å². The summed E-state index contributed by atoms with van der Waals surface area (Å²) < 4.78 is 88.5.